The summed E-state index contributed by atoms with van der Waals surface area (Å²) in [6.07, 6.45) is 3.71. The summed E-state index contributed by atoms with van der Waals surface area (Å²) in [4.78, 5) is 11.3. The predicted molar refractivity (Wildman–Crippen MR) is 65.6 cm³/mol. The Morgan fingerprint density at radius 2 is 1.88 bits per heavy atom. The molecule has 0 unspecified atom stereocenters. The monoisotopic (exact) mass is 244 g/mol. The number of amides is 1. The third kappa shape index (κ3) is 6.48. The molecule has 1 fully saturated rings. The molecule has 1 aliphatic rings. The number of hydrogen-bond donors (Lipinski definition) is 2. The average Bonchev–Trinajstić information content (AvgIpc) is 2.18. The van der Waals surface area contributed by atoms with E-state index in [2.05, 4.69) is 5.32 Å². The van der Waals surface area contributed by atoms with Gasteiger partial charge in [0, 0.05) is 6.04 Å². The molecule has 0 aromatic rings. The van der Waals surface area contributed by atoms with Crippen LogP contribution in [0.1, 0.15) is 46.5 Å². The molecule has 0 heterocycles. The maximum atomic E-state index is 11.3. The summed E-state index contributed by atoms with van der Waals surface area (Å²) in [7, 11) is 0. The fraction of sp³-hybridized carbons (Fsp3) is 0.917. The predicted octanol–water partition coefficient (Wildman–Crippen LogP) is 1.76. The Bertz CT molecular complexity index is 243. The Labute approximate surface area is 103 Å². The maximum Gasteiger partial charge on any atom is 0.409 e. The van der Waals surface area contributed by atoms with E-state index in [0.717, 1.165) is 25.7 Å². The second-order valence-electron chi connectivity index (χ2n) is 5.53. The Kier molecular flexibility index (Phi) is 5.21. The van der Waals surface area contributed by atoms with Gasteiger partial charge in [0.1, 0.15) is 12.3 Å². The van der Waals surface area contributed by atoms with Crippen LogP contribution in [0.15, 0.2) is 0 Å². The highest BCUT2D eigenvalue weighted by Crippen LogP contribution is 2.19. The van der Waals surface area contributed by atoms with Crippen LogP contribution in [0.25, 0.3) is 0 Å². The number of alkyl carbamates (subject to hydrolysis) is 1. The number of carbonyl (C=O) groups is 1. The summed E-state index contributed by atoms with van der Waals surface area (Å²) in [6, 6.07) is 0.314. The van der Waals surface area contributed by atoms with E-state index in [-0.39, 0.29) is 12.8 Å². The van der Waals surface area contributed by atoms with Crippen LogP contribution < -0.4 is 11.1 Å². The lowest BCUT2D eigenvalue weighted by Gasteiger charge is -2.26. The first-order valence-electron chi connectivity index (χ1n) is 6.21. The van der Waals surface area contributed by atoms with Crippen molar-refractivity contribution in [2.75, 3.05) is 6.73 Å². The fourth-order valence-corrected chi connectivity index (χ4v) is 1.79. The minimum absolute atomic E-state index is 0.203. The number of carbonyl (C=O) groups excluding carboxylic acids is 1. The zero-order valence-electron chi connectivity index (χ0n) is 11.0. The minimum Gasteiger partial charge on any atom is -0.444 e. The van der Waals surface area contributed by atoms with Crippen LogP contribution in [0.5, 0.6) is 0 Å². The van der Waals surface area contributed by atoms with Crippen molar-refractivity contribution in [3.8, 4) is 0 Å². The van der Waals surface area contributed by atoms with E-state index in [1.54, 1.807) is 0 Å². The zero-order chi connectivity index (χ0) is 12.9. The normalized spacial score (nSPS) is 25.4. The molecule has 1 amide bonds. The molecule has 17 heavy (non-hydrogen) atoms. The smallest absolute Gasteiger partial charge is 0.409 e. The van der Waals surface area contributed by atoms with Gasteiger partial charge in [-0.05, 0) is 46.5 Å². The molecule has 0 saturated heterocycles. The van der Waals surface area contributed by atoms with Gasteiger partial charge in [0.05, 0.1) is 6.10 Å². The van der Waals surface area contributed by atoms with Gasteiger partial charge < -0.3 is 15.2 Å². The van der Waals surface area contributed by atoms with Crippen molar-refractivity contribution in [2.24, 2.45) is 5.73 Å². The molecule has 100 valence electrons. The van der Waals surface area contributed by atoms with Crippen molar-refractivity contribution in [3.05, 3.63) is 0 Å². The quantitative estimate of drug-likeness (QED) is 0.742. The van der Waals surface area contributed by atoms with Gasteiger partial charge >= 0.3 is 6.09 Å². The van der Waals surface area contributed by atoms with Crippen molar-refractivity contribution in [1.82, 2.24) is 5.32 Å². The van der Waals surface area contributed by atoms with Gasteiger partial charge in [-0.2, -0.15) is 0 Å². The molecule has 5 heteroatoms. The Balaban J connectivity index is 2.09. The second-order valence-corrected chi connectivity index (χ2v) is 5.53. The van der Waals surface area contributed by atoms with Crippen LogP contribution in [-0.4, -0.2) is 30.6 Å². The topological polar surface area (TPSA) is 73.6 Å². The molecule has 1 saturated carbocycles. The summed E-state index contributed by atoms with van der Waals surface area (Å²) in [5, 5.41) is 2.58. The van der Waals surface area contributed by atoms with Crippen molar-refractivity contribution >= 4 is 6.09 Å². The van der Waals surface area contributed by atoms with Gasteiger partial charge in [0.2, 0.25) is 0 Å². The van der Waals surface area contributed by atoms with Crippen LogP contribution in [0.3, 0.4) is 0 Å². The van der Waals surface area contributed by atoms with Crippen LogP contribution >= 0.6 is 0 Å². The van der Waals surface area contributed by atoms with Gasteiger partial charge in [0.25, 0.3) is 0 Å². The minimum atomic E-state index is -0.471. The zero-order valence-corrected chi connectivity index (χ0v) is 11.0. The second kappa shape index (κ2) is 6.21. The Hall–Kier alpha value is -0.810. The third-order valence-electron chi connectivity index (χ3n) is 2.65. The lowest BCUT2D eigenvalue weighted by Crippen LogP contribution is -2.36. The lowest BCUT2D eigenvalue weighted by atomic mass is 9.94. The van der Waals surface area contributed by atoms with Crippen molar-refractivity contribution in [1.29, 1.82) is 0 Å². The highest BCUT2D eigenvalue weighted by molar-refractivity contribution is 5.67. The molecule has 3 N–H and O–H groups in total. The van der Waals surface area contributed by atoms with E-state index in [1.807, 2.05) is 20.8 Å². The Morgan fingerprint density at radius 3 is 2.41 bits per heavy atom. The van der Waals surface area contributed by atoms with Gasteiger partial charge in [-0.15, -0.1) is 0 Å². The number of nitrogens with two attached hydrogens (primary N) is 1. The molecule has 0 aliphatic heterocycles. The largest absolute Gasteiger partial charge is 0.444 e. The average molecular weight is 244 g/mol. The van der Waals surface area contributed by atoms with Crippen LogP contribution in [0.2, 0.25) is 0 Å². The first-order valence-corrected chi connectivity index (χ1v) is 6.21. The maximum absolute atomic E-state index is 11.3. The van der Waals surface area contributed by atoms with Crippen LogP contribution in [0.4, 0.5) is 4.79 Å². The van der Waals surface area contributed by atoms with Crippen LogP contribution in [0, 0.1) is 0 Å². The third-order valence-corrected chi connectivity index (χ3v) is 2.65. The van der Waals surface area contributed by atoms with E-state index >= 15 is 0 Å². The standard InChI is InChI=1S/C12H24N2O3/c1-12(2,3)17-11(15)14-8-16-10-6-4-9(13)5-7-10/h9-10H,4-8,13H2,1-3H3,(H,14,15). The lowest BCUT2D eigenvalue weighted by molar-refractivity contribution is 0.00294. The van der Waals surface area contributed by atoms with Crippen molar-refractivity contribution < 1.29 is 14.3 Å². The fourth-order valence-electron chi connectivity index (χ4n) is 1.79. The highest BCUT2D eigenvalue weighted by atomic mass is 16.6. The molecule has 1 rings (SSSR count). The van der Waals surface area contributed by atoms with E-state index in [0.29, 0.717) is 6.04 Å². The van der Waals surface area contributed by atoms with E-state index in [1.165, 1.54) is 0 Å². The molecule has 0 radical (unpaired) electrons. The van der Waals surface area contributed by atoms with E-state index in [9.17, 15) is 4.79 Å². The number of ether oxygens (including phenoxy) is 2. The summed E-state index contributed by atoms with van der Waals surface area (Å²) in [5.41, 5.74) is 5.33. The van der Waals surface area contributed by atoms with Crippen molar-refractivity contribution in [2.45, 2.75) is 64.2 Å². The molecule has 5 nitrogen and oxygen atoms in total. The summed E-state index contributed by atoms with van der Waals surface area (Å²) < 4.78 is 10.6. The summed E-state index contributed by atoms with van der Waals surface area (Å²) >= 11 is 0. The van der Waals surface area contributed by atoms with Gasteiger partial charge in [-0.1, -0.05) is 0 Å². The van der Waals surface area contributed by atoms with Crippen molar-refractivity contribution in [3.63, 3.8) is 0 Å². The first kappa shape index (κ1) is 14.3. The van der Waals surface area contributed by atoms with Gasteiger partial charge in [-0.25, -0.2) is 4.79 Å². The van der Waals surface area contributed by atoms with Crippen LogP contribution in [-0.2, 0) is 9.47 Å². The number of nitrogens with one attached hydrogen (secondary N) is 1. The summed E-state index contributed by atoms with van der Waals surface area (Å²) in [6.45, 7) is 5.69. The Morgan fingerprint density at radius 1 is 1.29 bits per heavy atom. The molecule has 0 bridgehead atoms. The molecular weight excluding hydrogens is 220 g/mol. The van der Waals surface area contributed by atoms with E-state index < -0.39 is 11.7 Å². The molecule has 0 aromatic heterocycles. The number of rotatable bonds is 3. The molecule has 1 aliphatic carbocycles. The van der Waals surface area contributed by atoms with E-state index in [4.69, 9.17) is 15.2 Å². The van der Waals surface area contributed by atoms with Gasteiger partial charge in [0.15, 0.2) is 0 Å². The SMILES string of the molecule is CC(C)(C)OC(=O)NCOC1CCC(N)CC1. The molecule has 0 atom stereocenters. The summed E-state index contributed by atoms with van der Waals surface area (Å²) in [5.74, 6) is 0. The molecule has 0 spiro atoms. The molecule has 0 aromatic carbocycles. The molecular formula is C12H24N2O3. The highest BCUT2D eigenvalue weighted by Gasteiger charge is 2.20. The van der Waals surface area contributed by atoms with Gasteiger partial charge in [-0.3, -0.25) is 5.32 Å². The first-order chi connectivity index (χ1) is 7.87. The number of hydrogen-bond acceptors (Lipinski definition) is 4.